The highest BCUT2D eigenvalue weighted by molar-refractivity contribution is 5.76. The van der Waals surface area contributed by atoms with E-state index in [9.17, 15) is 4.79 Å². The van der Waals surface area contributed by atoms with Gasteiger partial charge >= 0.3 is 0 Å². The van der Waals surface area contributed by atoms with E-state index in [4.69, 9.17) is 4.74 Å². The van der Waals surface area contributed by atoms with E-state index in [-0.39, 0.29) is 5.91 Å². The van der Waals surface area contributed by atoms with Crippen LogP contribution in [0.2, 0.25) is 0 Å². The molecule has 4 nitrogen and oxygen atoms in total. The van der Waals surface area contributed by atoms with Crippen LogP contribution in [0.1, 0.15) is 24.5 Å². The smallest absolute Gasteiger partial charge is 0.221 e. The molecule has 0 unspecified atom stereocenters. The van der Waals surface area contributed by atoms with Gasteiger partial charge in [0.1, 0.15) is 5.75 Å². The van der Waals surface area contributed by atoms with Gasteiger partial charge in [0.15, 0.2) is 0 Å². The van der Waals surface area contributed by atoms with Crippen molar-refractivity contribution in [3.63, 3.8) is 0 Å². The molecule has 2 N–H and O–H groups in total. The lowest BCUT2D eigenvalue weighted by Crippen LogP contribution is -2.26. The first-order valence-corrected chi connectivity index (χ1v) is 6.28. The highest BCUT2D eigenvalue weighted by Gasteiger charge is 2.06. The Morgan fingerprint density at radius 2 is 2.17 bits per heavy atom. The summed E-state index contributed by atoms with van der Waals surface area (Å²) < 4.78 is 5.29. The van der Waals surface area contributed by atoms with Crippen LogP contribution in [0.4, 0.5) is 0 Å². The zero-order valence-corrected chi connectivity index (χ0v) is 11.4. The van der Waals surface area contributed by atoms with Crippen LogP contribution in [0.3, 0.4) is 0 Å². The Balaban J connectivity index is 2.62. The molecule has 4 heteroatoms. The van der Waals surface area contributed by atoms with Crippen molar-refractivity contribution in [3.05, 3.63) is 29.3 Å². The third-order valence-corrected chi connectivity index (χ3v) is 2.83. The minimum Gasteiger partial charge on any atom is -0.496 e. The van der Waals surface area contributed by atoms with Crippen molar-refractivity contribution >= 4 is 5.91 Å². The van der Waals surface area contributed by atoms with Crippen molar-refractivity contribution in [3.8, 4) is 5.75 Å². The fourth-order valence-electron chi connectivity index (χ4n) is 1.71. The maximum Gasteiger partial charge on any atom is 0.221 e. The zero-order valence-electron chi connectivity index (χ0n) is 11.4. The van der Waals surface area contributed by atoms with Gasteiger partial charge in [-0.1, -0.05) is 19.1 Å². The molecule has 1 aromatic carbocycles. The summed E-state index contributed by atoms with van der Waals surface area (Å²) in [6.45, 7) is 3.31. The summed E-state index contributed by atoms with van der Waals surface area (Å²) >= 11 is 0. The van der Waals surface area contributed by atoms with Crippen LogP contribution in [-0.4, -0.2) is 26.6 Å². The van der Waals surface area contributed by atoms with Gasteiger partial charge in [-0.25, -0.2) is 0 Å². The molecule has 0 saturated carbocycles. The standard InChI is InChI=1S/C14H22N2O2/c1-4-11-5-6-13(18-3)12(9-11)10-16-14(17)7-8-15-2/h5-6,9,15H,4,7-8,10H2,1-3H3,(H,16,17). The molecule has 1 aromatic rings. The van der Waals surface area contributed by atoms with Crippen molar-refractivity contribution in [1.29, 1.82) is 0 Å². The Kier molecular flexibility index (Phi) is 6.22. The monoisotopic (exact) mass is 250 g/mol. The van der Waals surface area contributed by atoms with Crippen molar-refractivity contribution in [2.24, 2.45) is 0 Å². The van der Waals surface area contributed by atoms with E-state index >= 15 is 0 Å². The van der Waals surface area contributed by atoms with Crippen molar-refractivity contribution in [2.75, 3.05) is 20.7 Å². The summed E-state index contributed by atoms with van der Waals surface area (Å²) in [5.41, 5.74) is 2.27. The van der Waals surface area contributed by atoms with E-state index in [0.29, 0.717) is 19.5 Å². The van der Waals surface area contributed by atoms with Crippen LogP contribution in [0.25, 0.3) is 0 Å². The number of carbonyl (C=O) groups excluding carboxylic acids is 1. The van der Waals surface area contributed by atoms with Gasteiger partial charge < -0.3 is 15.4 Å². The van der Waals surface area contributed by atoms with Gasteiger partial charge in [-0.15, -0.1) is 0 Å². The normalized spacial score (nSPS) is 10.2. The van der Waals surface area contributed by atoms with Crippen LogP contribution in [0.15, 0.2) is 18.2 Å². The molecule has 0 saturated heterocycles. The number of hydrogen-bond acceptors (Lipinski definition) is 3. The minimum atomic E-state index is 0.0494. The molecule has 1 amide bonds. The molecule has 0 aliphatic heterocycles. The Labute approximate surface area is 109 Å². The summed E-state index contributed by atoms with van der Waals surface area (Å²) in [6.07, 6.45) is 1.47. The molecule has 0 aromatic heterocycles. The Morgan fingerprint density at radius 3 is 2.78 bits per heavy atom. The van der Waals surface area contributed by atoms with Gasteiger partial charge in [0, 0.05) is 25.1 Å². The second-order valence-corrected chi connectivity index (χ2v) is 4.13. The second-order valence-electron chi connectivity index (χ2n) is 4.13. The number of hydrogen-bond donors (Lipinski definition) is 2. The van der Waals surface area contributed by atoms with Gasteiger partial charge in [0.2, 0.25) is 5.91 Å². The first-order chi connectivity index (χ1) is 8.71. The quantitative estimate of drug-likeness (QED) is 0.770. The average molecular weight is 250 g/mol. The molecule has 1 rings (SSSR count). The lowest BCUT2D eigenvalue weighted by molar-refractivity contribution is -0.121. The van der Waals surface area contributed by atoms with Gasteiger partial charge in [-0.2, -0.15) is 0 Å². The fraction of sp³-hybridized carbons (Fsp3) is 0.500. The number of ether oxygens (including phenoxy) is 1. The fourth-order valence-corrected chi connectivity index (χ4v) is 1.71. The van der Waals surface area contributed by atoms with E-state index in [1.54, 1.807) is 7.11 Å². The molecule has 0 fully saturated rings. The van der Waals surface area contributed by atoms with E-state index < -0.39 is 0 Å². The van der Waals surface area contributed by atoms with Crippen LogP contribution in [-0.2, 0) is 17.8 Å². The minimum absolute atomic E-state index is 0.0494. The van der Waals surface area contributed by atoms with Gasteiger partial charge in [-0.3, -0.25) is 4.79 Å². The number of carbonyl (C=O) groups is 1. The summed E-state index contributed by atoms with van der Waals surface area (Å²) in [4.78, 5) is 11.5. The van der Waals surface area contributed by atoms with E-state index in [0.717, 1.165) is 17.7 Å². The number of methoxy groups -OCH3 is 1. The third kappa shape index (κ3) is 4.37. The number of rotatable bonds is 7. The van der Waals surface area contributed by atoms with Crippen molar-refractivity contribution in [1.82, 2.24) is 10.6 Å². The number of amides is 1. The largest absolute Gasteiger partial charge is 0.496 e. The number of benzene rings is 1. The predicted octanol–water partition coefficient (Wildman–Crippen LogP) is 1.48. The Morgan fingerprint density at radius 1 is 1.39 bits per heavy atom. The first-order valence-electron chi connectivity index (χ1n) is 6.28. The molecule has 0 radical (unpaired) electrons. The molecule has 0 spiro atoms. The summed E-state index contributed by atoms with van der Waals surface area (Å²) in [5.74, 6) is 0.870. The second kappa shape index (κ2) is 7.71. The topological polar surface area (TPSA) is 50.4 Å². The number of nitrogens with one attached hydrogen (secondary N) is 2. The van der Waals surface area contributed by atoms with Crippen LogP contribution >= 0.6 is 0 Å². The molecular formula is C14H22N2O2. The maximum atomic E-state index is 11.5. The molecule has 0 atom stereocenters. The van der Waals surface area contributed by atoms with Crippen LogP contribution in [0.5, 0.6) is 5.75 Å². The molecule has 100 valence electrons. The first kappa shape index (κ1) is 14.5. The lowest BCUT2D eigenvalue weighted by Gasteiger charge is -2.11. The van der Waals surface area contributed by atoms with Crippen molar-refractivity contribution < 1.29 is 9.53 Å². The van der Waals surface area contributed by atoms with E-state index in [2.05, 4.69) is 23.6 Å². The third-order valence-electron chi connectivity index (χ3n) is 2.83. The average Bonchev–Trinajstić information content (AvgIpc) is 2.42. The van der Waals surface area contributed by atoms with Crippen molar-refractivity contribution in [2.45, 2.75) is 26.3 Å². The lowest BCUT2D eigenvalue weighted by atomic mass is 10.1. The molecular weight excluding hydrogens is 228 g/mol. The van der Waals surface area contributed by atoms with Gasteiger partial charge in [0.25, 0.3) is 0 Å². The van der Waals surface area contributed by atoms with E-state index in [1.807, 2.05) is 19.2 Å². The molecule has 0 aliphatic carbocycles. The molecule has 0 heterocycles. The predicted molar refractivity (Wildman–Crippen MR) is 72.8 cm³/mol. The highest BCUT2D eigenvalue weighted by Crippen LogP contribution is 2.20. The SMILES string of the molecule is CCc1ccc(OC)c(CNC(=O)CCNC)c1. The Hall–Kier alpha value is -1.55. The molecule has 0 bridgehead atoms. The zero-order chi connectivity index (χ0) is 13.4. The summed E-state index contributed by atoms with van der Waals surface area (Å²) in [6, 6.07) is 6.08. The molecule has 0 aliphatic rings. The number of aryl methyl sites for hydroxylation is 1. The maximum absolute atomic E-state index is 11.5. The summed E-state index contributed by atoms with van der Waals surface area (Å²) in [7, 11) is 3.48. The van der Waals surface area contributed by atoms with E-state index in [1.165, 1.54) is 5.56 Å². The summed E-state index contributed by atoms with van der Waals surface area (Å²) in [5, 5.41) is 5.85. The molecule has 18 heavy (non-hydrogen) atoms. The van der Waals surface area contributed by atoms with Gasteiger partial charge in [0.05, 0.1) is 7.11 Å². The van der Waals surface area contributed by atoms with Crippen LogP contribution in [0, 0.1) is 0 Å². The Bertz CT molecular complexity index is 391. The highest BCUT2D eigenvalue weighted by atomic mass is 16.5. The van der Waals surface area contributed by atoms with Crippen LogP contribution < -0.4 is 15.4 Å². The van der Waals surface area contributed by atoms with Gasteiger partial charge in [-0.05, 0) is 25.1 Å².